The molecule has 8 nitrogen and oxygen atoms in total. The smallest absolute Gasteiger partial charge is 0.330 e. The Kier molecular flexibility index (Phi) is 6.71. The van der Waals surface area contributed by atoms with Gasteiger partial charge in [-0.25, -0.2) is 4.79 Å². The first kappa shape index (κ1) is 22.0. The van der Waals surface area contributed by atoms with Crippen molar-refractivity contribution < 1.29 is 9.69 Å². The third kappa shape index (κ3) is 5.29. The molecule has 0 spiro atoms. The van der Waals surface area contributed by atoms with Gasteiger partial charge >= 0.3 is 5.69 Å². The molecular formula is C23H28N5O3+. The molecule has 31 heavy (non-hydrogen) atoms. The number of anilines is 2. The zero-order chi connectivity index (χ0) is 22.5. The summed E-state index contributed by atoms with van der Waals surface area (Å²) in [6, 6.07) is 17.4. The molecule has 1 heterocycles. The molecule has 0 bridgehead atoms. The first-order valence-electron chi connectivity index (χ1n) is 10.1. The van der Waals surface area contributed by atoms with Crippen LogP contribution in [0.25, 0.3) is 0 Å². The monoisotopic (exact) mass is 422 g/mol. The highest BCUT2D eigenvalue weighted by molar-refractivity contribution is 5.95. The molecular weight excluding hydrogens is 394 g/mol. The molecule has 4 N–H and O–H groups in total. The van der Waals surface area contributed by atoms with Gasteiger partial charge in [0.2, 0.25) is 0 Å². The van der Waals surface area contributed by atoms with E-state index in [1.54, 1.807) is 0 Å². The number of likely N-dealkylation sites (N-methyl/N-ethyl adjacent to an activating group) is 2. The number of rotatable bonds is 7. The number of H-pyrrole nitrogens is 1. The predicted octanol–water partition coefficient (Wildman–Crippen LogP) is 0.153. The van der Waals surface area contributed by atoms with Gasteiger partial charge in [-0.1, -0.05) is 60.2 Å². The summed E-state index contributed by atoms with van der Waals surface area (Å²) in [5, 5.41) is 0. The van der Waals surface area contributed by atoms with Crippen molar-refractivity contribution in [3.05, 3.63) is 92.1 Å². The number of aryl methyl sites for hydroxylation is 1. The number of hydrogen-bond acceptors (Lipinski definition) is 4. The lowest BCUT2D eigenvalue weighted by atomic mass is 10.1. The third-order valence-corrected chi connectivity index (χ3v) is 5.15. The average molecular weight is 423 g/mol. The summed E-state index contributed by atoms with van der Waals surface area (Å²) >= 11 is 0. The van der Waals surface area contributed by atoms with Crippen LogP contribution in [0.5, 0.6) is 0 Å². The van der Waals surface area contributed by atoms with E-state index in [4.69, 9.17) is 5.73 Å². The second-order valence-corrected chi connectivity index (χ2v) is 7.82. The highest BCUT2D eigenvalue weighted by atomic mass is 16.2. The summed E-state index contributed by atoms with van der Waals surface area (Å²) in [6.07, 6.45) is 0. The topological polar surface area (TPSA) is 106 Å². The maximum Gasteiger partial charge on any atom is 0.330 e. The third-order valence-electron chi connectivity index (χ3n) is 5.15. The van der Waals surface area contributed by atoms with Crippen LogP contribution in [-0.2, 0) is 17.9 Å². The van der Waals surface area contributed by atoms with Gasteiger partial charge in [0.1, 0.15) is 12.4 Å². The molecule has 1 unspecified atom stereocenters. The Morgan fingerprint density at radius 3 is 2.45 bits per heavy atom. The summed E-state index contributed by atoms with van der Waals surface area (Å²) in [5.74, 6) is -0.308. The van der Waals surface area contributed by atoms with Gasteiger partial charge in [-0.2, -0.15) is 0 Å². The van der Waals surface area contributed by atoms with E-state index < -0.39 is 11.2 Å². The molecule has 0 aliphatic carbocycles. The van der Waals surface area contributed by atoms with Crippen LogP contribution in [0.1, 0.15) is 16.7 Å². The Hall–Kier alpha value is -3.65. The van der Waals surface area contributed by atoms with Crippen molar-refractivity contribution in [2.24, 2.45) is 0 Å². The fourth-order valence-electron chi connectivity index (χ4n) is 3.56. The molecule has 0 aliphatic rings. The van der Waals surface area contributed by atoms with E-state index in [0.29, 0.717) is 6.54 Å². The number of amides is 1. The molecule has 0 saturated heterocycles. The minimum absolute atomic E-state index is 0.0242. The first-order valence-corrected chi connectivity index (χ1v) is 10.1. The lowest BCUT2D eigenvalue weighted by molar-refractivity contribution is -0.885. The fourth-order valence-corrected chi connectivity index (χ4v) is 3.56. The van der Waals surface area contributed by atoms with Crippen LogP contribution < -0.4 is 26.8 Å². The standard InChI is InChI=1S/C23H27N5O3/c1-16-8-7-11-18(12-16)13-26(2)15-19(29)27(3)20-21(24)28(23(31)25-22(20)30)14-17-9-5-4-6-10-17/h4-12H,13-15,24H2,1-3H3,(H,25,30,31)/p+1. The number of carbonyl (C=O) groups is 1. The average Bonchev–Trinajstić information content (AvgIpc) is 2.71. The van der Waals surface area contributed by atoms with Gasteiger partial charge in [-0.05, 0) is 12.5 Å². The van der Waals surface area contributed by atoms with Crippen molar-refractivity contribution in [1.82, 2.24) is 9.55 Å². The quantitative estimate of drug-likeness (QED) is 0.504. The first-order chi connectivity index (χ1) is 14.8. The van der Waals surface area contributed by atoms with Gasteiger partial charge in [0, 0.05) is 12.6 Å². The second-order valence-electron chi connectivity index (χ2n) is 7.82. The summed E-state index contributed by atoms with van der Waals surface area (Å²) < 4.78 is 1.26. The molecule has 0 radical (unpaired) electrons. The summed E-state index contributed by atoms with van der Waals surface area (Å²) in [4.78, 5) is 42.2. The number of carbonyl (C=O) groups excluding carboxylic acids is 1. The van der Waals surface area contributed by atoms with Crippen LogP contribution in [0.2, 0.25) is 0 Å². The Labute approximate surface area is 180 Å². The number of nitrogens with two attached hydrogens (primary N) is 1. The highest BCUT2D eigenvalue weighted by Gasteiger charge is 2.23. The van der Waals surface area contributed by atoms with E-state index in [2.05, 4.69) is 11.1 Å². The SMILES string of the molecule is Cc1cccc(C[NH+](C)CC(=O)N(C)c2c(N)n(Cc3ccccc3)c(=O)[nH]c2=O)c1. The molecule has 3 rings (SSSR count). The largest absolute Gasteiger partial charge is 0.383 e. The molecule has 0 saturated carbocycles. The lowest BCUT2D eigenvalue weighted by Gasteiger charge is -2.22. The van der Waals surface area contributed by atoms with Crippen molar-refractivity contribution >= 4 is 17.4 Å². The second kappa shape index (κ2) is 9.44. The fraction of sp³-hybridized carbons (Fsp3) is 0.261. The van der Waals surface area contributed by atoms with Gasteiger partial charge in [0.25, 0.3) is 11.5 Å². The van der Waals surface area contributed by atoms with E-state index in [1.807, 2.05) is 62.5 Å². The van der Waals surface area contributed by atoms with E-state index in [0.717, 1.165) is 21.6 Å². The van der Waals surface area contributed by atoms with Crippen molar-refractivity contribution in [2.75, 3.05) is 31.3 Å². The maximum atomic E-state index is 12.9. The number of aromatic amines is 1. The number of nitrogen functional groups attached to an aromatic ring is 1. The highest BCUT2D eigenvalue weighted by Crippen LogP contribution is 2.16. The summed E-state index contributed by atoms with van der Waals surface area (Å²) in [5.41, 5.74) is 8.01. The molecule has 8 heteroatoms. The minimum Gasteiger partial charge on any atom is -0.383 e. The number of hydrogen-bond donors (Lipinski definition) is 3. The van der Waals surface area contributed by atoms with E-state index in [1.165, 1.54) is 16.5 Å². The van der Waals surface area contributed by atoms with Crippen LogP contribution >= 0.6 is 0 Å². The lowest BCUT2D eigenvalue weighted by Crippen LogP contribution is -3.08. The van der Waals surface area contributed by atoms with Gasteiger partial charge in [0.15, 0.2) is 12.2 Å². The molecule has 2 aromatic carbocycles. The molecule has 1 amide bonds. The minimum atomic E-state index is -0.681. The number of quaternary nitrogens is 1. The van der Waals surface area contributed by atoms with Crippen LogP contribution in [0.3, 0.4) is 0 Å². The van der Waals surface area contributed by atoms with Crippen LogP contribution in [0.15, 0.2) is 64.2 Å². The Bertz CT molecular complexity index is 1180. The van der Waals surface area contributed by atoms with Gasteiger partial charge in [-0.15, -0.1) is 0 Å². The summed E-state index contributed by atoms with van der Waals surface area (Å²) in [6.45, 7) is 3.05. The maximum absolute atomic E-state index is 12.9. The number of nitrogens with one attached hydrogen (secondary N) is 2. The molecule has 1 aromatic heterocycles. The summed E-state index contributed by atoms with van der Waals surface area (Å²) in [7, 11) is 3.42. The van der Waals surface area contributed by atoms with Crippen molar-refractivity contribution in [1.29, 1.82) is 0 Å². The Morgan fingerprint density at radius 1 is 1.10 bits per heavy atom. The van der Waals surface area contributed by atoms with Crippen LogP contribution in [0.4, 0.5) is 11.5 Å². The van der Waals surface area contributed by atoms with E-state index >= 15 is 0 Å². The van der Waals surface area contributed by atoms with Gasteiger partial charge < -0.3 is 15.5 Å². The molecule has 0 fully saturated rings. The zero-order valence-electron chi connectivity index (χ0n) is 18.0. The van der Waals surface area contributed by atoms with Gasteiger partial charge in [0.05, 0.1) is 13.6 Å². The van der Waals surface area contributed by atoms with Crippen LogP contribution in [0, 0.1) is 6.92 Å². The van der Waals surface area contributed by atoms with Gasteiger partial charge in [-0.3, -0.25) is 19.1 Å². The number of nitrogens with zero attached hydrogens (tertiary/aromatic N) is 2. The molecule has 1 atom stereocenters. The predicted molar refractivity (Wildman–Crippen MR) is 121 cm³/mol. The van der Waals surface area contributed by atoms with Crippen molar-refractivity contribution in [3.8, 4) is 0 Å². The molecule has 3 aromatic rings. The molecule has 162 valence electrons. The Morgan fingerprint density at radius 2 is 1.77 bits per heavy atom. The number of benzene rings is 2. The normalized spacial score (nSPS) is 11.8. The van der Waals surface area contributed by atoms with Crippen molar-refractivity contribution in [2.45, 2.75) is 20.0 Å². The number of aromatic nitrogens is 2. The van der Waals surface area contributed by atoms with Crippen LogP contribution in [-0.4, -0.2) is 36.1 Å². The zero-order valence-corrected chi connectivity index (χ0v) is 18.0. The van der Waals surface area contributed by atoms with E-state index in [9.17, 15) is 14.4 Å². The Balaban J connectivity index is 1.80. The molecule has 0 aliphatic heterocycles. The van der Waals surface area contributed by atoms with Crippen molar-refractivity contribution in [3.63, 3.8) is 0 Å². The van der Waals surface area contributed by atoms with E-state index in [-0.39, 0.29) is 30.5 Å².